The molecule has 0 bridgehead atoms. The maximum atomic E-state index is 10.9. The van der Waals surface area contributed by atoms with Crippen molar-refractivity contribution in [2.24, 2.45) is 0 Å². The average molecular weight is 280 g/mol. The predicted octanol–water partition coefficient (Wildman–Crippen LogP) is 0.688. The zero-order valence-electron chi connectivity index (χ0n) is 11.5. The molecule has 1 atom stereocenters. The van der Waals surface area contributed by atoms with E-state index in [2.05, 4.69) is 4.90 Å². The standard InChI is InChI=1S/C14H20N2O4/c1-10(14(19)20)16-6-4-15(5-7-16)9-11-2-3-12(17)8-13(11)18/h2-3,8,10,17-18H,4-7,9H2,1H3,(H,19,20). The van der Waals surface area contributed by atoms with Crippen LogP contribution in [0.3, 0.4) is 0 Å². The Morgan fingerprint density at radius 2 is 1.90 bits per heavy atom. The van der Waals surface area contributed by atoms with Gasteiger partial charge in [-0.3, -0.25) is 14.6 Å². The smallest absolute Gasteiger partial charge is 0.320 e. The van der Waals surface area contributed by atoms with E-state index in [0.29, 0.717) is 19.6 Å². The molecule has 1 fully saturated rings. The van der Waals surface area contributed by atoms with E-state index in [9.17, 15) is 15.0 Å². The number of phenols is 2. The van der Waals surface area contributed by atoms with E-state index in [4.69, 9.17) is 5.11 Å². The third kappa shape index (κ3) is 3.40. The van der Waals surface area contributed by atoms with Crippen LogP contribution in [-0.4, -0.2) is 63.3 Å². The molecular weight excluding hydrogens is 260 g/mol. The second-order valence-electron chi connectivity index (χ2n) is 5.14. The van der Waals surface area contributed by atoms with Gasteiger partial charge >= 0.3 is 5.97 Å². The summed E-state index contributed by atoms with van der Waals surface area (Å²) in [4.78, 5) is 15.0. The molecule has 0 amide bonds. The lowest BCUT2D eigenvalue weighted by molar-refractivity contribution is -0.143. The van der Waals surface area contributed by atoms with Crippen molar-refractivity contribution in [1.82, 2.24) is 9.80 Å². The SMILES string of the molecule is CC(C(=O)O)N1CCN(Cc2ccc(O)cc2O)CC1. The molecule has 1 aliphatic heterocycles. The topological polar surface area (TPSA) is 84.2 Å². The number of hydrogen-bond donors (Lipinski definition) is 3. The molecule has 1 saturated heterocycles. The molecule has 0 aromatic heterocycles. The van der Waals surface area contributed by atoms with Crippen LogP contribution in [0.15, 0.2) is 18.2 Å². The van der Waals surface area contributed by atoms with Gasteiger partial charge in [-0.05, 0) is 13.0 Å². The molecule has 6 nitrogen and oxygen atoms in total. The van der Waals surface area contributed by atoms with Crippen LogP contribution in [0.25, 0.3) is 0 Å². The van der Waals surface area contributed by atoms with E-state index in [-0.39, 0.29) is 11.5 Å². The van der Waals surface area contributed by atoms with Gasteiger partial charge in [-0.2, -0.15) is 0 Å². The Kier molecular flexibility index (Phi) is 4.46. The van der Waals surface area contributed by atoms with Crippen molar-refractivity contribution in [3.05, 3.63) is 23.8 Å². The molecular formula is C14H20N2O4. The third-order valence-corrected chi connectivity index (χ3v) is 3.77. The van der Waals surface area contributed by atoms with Crippen LogP contribution in [0.1, 0.15) is 12.5 Å². The first kappa shape index (κ1) is 14.6. The number of carboxylic acid groups (broad SMARTS) is 1. The lowest BCUT2D eigenvalue weighted by Gasteiger charge is -2.36. The van der Waals surface area contributed by atoms with Gasteiger partial charge in [-0.1, -0.05) is 6.07 Å². The average Bonchev–Trinajstić information content (AvgIpc) is 2.42. The number of carboxylic acids is 1. The maximum Gasteiger partial charge on any atom is 0.320 e. The zero-order chi connectivity index (χ0) is 14.7. The molecule has 20 heavy (non-hydrogen) atoms. The molecule has 1 aromatic rings. The highest BCUT2D eigenvalue weighted by atomic mass is 16.4. The molecule has 1 aliphatic rings. The van der Waals surface area contributed by atoms with Crippen LogP contribution < -0.4 is 0 Å². The zero-order valence-corrected chi connectivity index (χ0v) is 11.5. The third-order valence-electron chi connectivity index (χ3n) is 3.77. The molecule has 3 N–H and O–H groups in total. The van der Waals surface area contributed by atoms with Crippen molar-refractivity contribution < 1.29 is 20.1 Å². The number of rotatable bonds is 4. The van der Waals surface area contributed by atoms with Crippen molar-refractivity contribution in [2.45, 2.75) is 19.5 Å². The highest BCUT2D eigenvalue weighted by Gasteiger charge is 2.25. The Labute approximate surface area is 117 Å². The summed E-state index contributed by atoms with van der Waals surface area (Å²) in [6, 6.07) is 4.13. The number of nitrogens with zero attached hydrogens (tertiary/aromatic N) is 2. The van der Waals surface area contributed by atoms with Crippen LogP contribution in [-0.2, 0) is 11.3 Å². The fraction of sp³-hybridized carbons (Fsp3) is 0.500. The summed E-state index contributed by atoms with van der Waals surface area (Å²) in [6.45, 7) is 5.22. The summed E-state index contributed by atoms with van der Waals surface area (Å²) < 4.78 is 0. The van der Waals surface area contributed by atoms with Gasteiger partial charge in [-0.25, -0.2) is 0 Å². The summed E-state index contributed by atoms with van der Waals surface area (Å²) in [5, 5.41) is 28.0. The summed E-state index contributed by atoms with van der Waals surface area (Å²) in [7, 11) is 0. The van der Waals surface area contributed by atoms with E-state index >= 15 is 0 Å². The molecule has 2 rings (SSSR count). The number of hydrogen-bond acceptors (Lipinski definition) is 5. The fourth-order valence-electron chi connectivity index (χ4n) is 2.39. The number of benzene rings is 1. The van der Waals surface area contributed by atoms with Gasteiger partial charge in [0.1, 0.15) is 17.5 Å². The molecule has 1 aromatic carbocycles. The largest absolute Gasteiger partial charge is 0.508 e. The van der Waals surface area contributed by atoms with Crippen LogP contribution >= 0.6 is 0 Å². The molecule has 110 valence electrons. The fourth-order valence-corrected chi connectivity index (χ4v) is 2.39. The maximum absolute atomic E-state index is 10.9. The normalized spacial score (nSPS) is 18.9. The first-order valence-electron chi connectivity index (χ1n) is 6.67. The van der Waals surface area contributed by atoms with E-state index in [1.165, 1.54) is 6.07 Å². The van der Waals surface area contributed by atoms with Gasteiger partial charge in [0, 0.05) is 44.4 Å². The minimum Gasteiger partial charge on any atom is -0.508 e. The van der Waals surface area contributed by atoms with E-state index in [0.717, 1.165) is 18.7 Å². The predicted molar refractivity (Wildman–Crippen MR) is 73.7 cm³/mol. The Balaban J connectivity index is 1.90. The summed E-state index contributed by atoms with van der Waals surface area (Å²) in [6.07, 6.45) is 0. The molecule has 0 aliphatic carbocycles. The van der Waals surface area contributed by atoms with E-state index in [1.807, 2.05) is 4.90 Å². The van der Waals surface area contributed by atoms with Gasteiger partial charge in [0.2, 0.25) is 0 Å². The molecule has 0 saturated carbocycles. The van der Waals surface area contributed by atoms with Crippen LogP contribution in [0, 0.1) is 0 Å². The molecule has 0 radical (unpaired) electrons. The van der Waals surface area contributed by atoms with Gasteiger partial charge in [0.25, 0.3) is 0 Å². The molecule has 1 unspecified atom stereocenters. The monoisotopic (exact) mass is 280 g/mol. The lowest BCUT2D eigenvalue weighted by Crippen LogP contribution is -2.51. The molecule has 1 heterocycles. The Morgan fingerprint density at radius 3 is 2.45 bits per heavy atom. The second-order valence-corrected chi connectivity index (χ2v) is 5.14. The molecule has 0 spiro atoms. The lowest BCUT2D eigenvalue weighted by atomic mass is 10.1. The quantitative estimate of drug-likeness (QED) is 0.752. The Bertz CT molecular complexity index is 484. The second kappa shape index (κ2) is 6.11. The van der Waals surface area contributed by atoms with Gasteiger partial charge in [-0.15, -0.1) is 0 Å². The van der Waals surface area contributed by atoms with Crippen molar-refractivity contribution in [1.29, 1.82) is 0 Å². The first-order chi connectivity index (χ1) is 9.47. The van der Waals surface area contributed by atoms with Gasteiger partial charge < -0.3 is 15.3 Å². The minimum atomic E-state index is -0.797. The summed E-state index contributed by atoms with van der Waals surface area (Å²) in [5.74, 6) is -0.660. The highest BCUT2D eigenvalue weighted by molar-refractivity contribution is 5.72. The van der Waals surface area contributed by atoms with Crippen molar-refractivity contribution in [3.63, 3.8) is 0 Å². The van der Waals surface area contributed by atoms with E-state index < -0.39 is 12.0 Å². The highest BCUT2D eigenvalue weighted by Crippen LogP contribution is 2.24. The van der Waals surface area contributed by atoms with Crippen LogP contribution in [0.2, 0.25) is 0 Å². The van der Waals surface area contributed by atoms with Gasteiger partial charge in [0.15, 0.2) is 0 Å². The minimum absolute atomic E-state index is 0.0475. The van der Waals surface area contributed by atoms with Crippen molar-refractivity contribution in [2.75, 3.05) is 26.2 Å². The van der Waals surface area contributed by atoms with Gasteiger partial charge in [0.05, 0.1) is 0 Å². The number of aromatic hydroxyl groups is 2. The summed E-state index contributed by atoms with van der Waals surface area (Å²) in [5.41, 5.74) is 0.766. The van der Waals surface area contributed by atoms with Crippen LogP contribution in [0.5, 0.6) is 11.5 Å². The number of phenolic OH excluding ortho intramolecular Hbond substituents is 2. The van der Waals surface area contributed by atoms with Crippen molar-refractivity contribution in [3.8, 4) is 11.5 Å². The Hall–Kier alpha value is -1.79. The first-order valence-corrected chi connectivity index (χ1v) is 6.67. The number of aliphatic carboxylic acids is 1. The number of piperazine rings is 1. The van der Waals surface area contributed by atoms with Crippen LogP contribution in [0.4, 0.5) is 0 Å². The Morgan fingerprint density at radius 1 is 1.25 bits per heavy atom. The molecule has 6 heteroatoms. The van der Waals surface area contributed by atoms with E-state index in [1.54, 1.807) is 19.1 Å². The van der Waals surface area contributed by atoms with Crippen molar-refractivity contribution >= 4 is 5.97 Å². The number of carbonyl (C=O) groups is 1. The summed E-state index contributed by atoms with van der Waals surface area (Å²) >= 11 is 0.